The molecule has 1 aromatic carbocycles. The number of benzene rings is 1. The van der Waals surface area contributed by atoms with Gasteiger partial charge in [0.2, 0.25) is 0 Å². The van der Waals surface area contributed by atoms with Crippen LogP contribution in [0, 0.1) is 11.3 Å². The third kappa shape index (κ3) is 2.79. The number of H-pyrrole nitrogens is 1. The molecule has 0 bridgehead atoms. The first-order valence-corrected chi connectivity index (χ1v) is 8.66. The van der Waals surface area contributed by atoms with E-state index in [1.54, 1.807) is 6.20 Å². The first-order chi connectivity index (χ1) is 13.1. The van der Waals surface area contributed by atoms with Gasteiger partial charge in [0.1, 0.15) is 11.6 Å². The molecule has 0 aliphatic heterocycles. The molecule has 0 saturated carbocycles. The Kier molecular flexibility index (Phi) is 4.05. The zero-order chi connectivity index (χ0) is 19.0. The fourth-order valence-electron chi connectivity index (χ4n) is 3.16. The molecule has 0 spiro atoms. The van der Waals surface area contributed by atoms with Gasteiger partial charge in [-0.15, -0.1) is 0 Å². The molecule has 0 radical (unpaired) electrons. The van der Waals surface area contributed by atoms with Gasteiger partial charge in [0, 0.05) is 29.1 Å². The fourth-order valence-corrected chi connectivity index (χ4v) is 3.16. The van der Waals surface area contributed by atoms with E-state index < -0.39 is 0 Å². The first kappa shape index (κ1) is 16.7. The van der Waals surface area contributed by atoms with E-state index in [2.05, 4.69) is 21.1 Å². The Morgan fingerprint density at radius 1 is 1.11 bits per heavy atom. The standard InChI is InChI=1S/C21H17N5O/c1-13(2)18-19(25-20-16(10-22)12-24-26(20)21(18)27)15-8-9-17(23-11-15)14-6-4-3-5-7-14/h3-9,11-13,24H,1-2H3. The monoisotopic (exact) mass is 355 g/mol. The lowest BCUT2D eigenvalue weighted by atomic mass is 9.98. The number of aromatic amines is 1. The normalized spacial score (nSPS) is 11.0. The van der Waals surface area contributed by atoms with Crippen molar-refractivity contribution in [1.29, 1.82) is 5.26 Å². The van der Waals surface area contributed by atoms with E-state index in [9.17, 15) is 10.1 Å². The van der Waals surface area contributed by atoms with E-state index in [-0.39, 0.29) is 11.5 Å². The lowest BCUT2D eigenvalue weighted by Gasteiger charge is -2.12. The molecule has 4 aromatic rings. The predicted octanol–water partition coefficient (Wildman–Crippen LogP) is 3.75. The first-order valence-electron chi connectivity index (χ1n) is 8.66. The van der Waals surface area contributed by atoms with Crippen LogP contribution in [-0.4, -0.2) is 19.6 Å². The minimum atomic E-state index is -0.196. The van der Waals surface area contributed by atoms with Gasteiger partial charge >= 0.3 is 0 Å². The quantitative estimate of drug-likeness (QED) is 0.606. The highest BCUT2D eigenvalue weighted by atomic mass is 16.1. The molecule has 6 heteroatoms. The summed E-state index contributed by atoms with van der Waals surface area (Å²) in [5.74, 6) is -0.0282. The van der Waals surface area contributed by atoms with Crippen LogP contribution in [0.5, 0.6) is 0 Å². The molecule has 0 aliphatic carbocycles. The number of aromatic nitrogens is 4. The molecule has 0 unspecified atom stereocenters. The number of nitriles is 1. The van der Waals surface area contributed by atoms with Gasteiger partial charge in [-0.1, -0.05) is 44.2 Å². The van der Waals surface area contributed by atoms with E-state index in [1.165, 1.54) is 10.7 Å². The molecule has 0 atom stereocenters. The van der Waals surface area contributed by atoms with Crippen molar-refractivity contribution >= 4 is 5.65 Å². The summed E-state index contributed by atoms with van der Waals surface area (Å²) in [6.07, 6.45) is 3.22. The summed E-state index contributed by atoms with van der Waals surface area (Å²) in [7, 11) is 0. The molecule has 0 aliphatic rings. The Hall–Kier alpha value is -3.72. The molecule has 27 heavy (non-hydrogen) atoms. The summed E-state index contributed by atoms with van der Waals surface area (Å²) in [5, 5.41) is 12.1. The number of rotatable bonds is 3. The van der Waals surface area contributed by atoms with E-state index in [0.29, 0.717) is 22.5 Å². The summed E-state index contributed by atoms with van der Waals surface area (Å²) in [6.45, 7) is 3.91. The van der Waals surface area contributed by atoms with Gasteiger partial charge in [-0.05, 0) is 18.1 Å². The van der Waals surface area contributed by atoms with E-state index in [1.807, 2.05) is 56.3 Å². The molecule has 0 fully saturated rings. The van der Waals surface area contributed by atoms with Gasteiger partial charge in [0.05, 0.1) is 11.4 Å². The Labute approximate surface area is 155 Å². The van der Waals surface area contributed by atoms with E-state index in [4.69, 9.17) is 0 Å². The van der Waals surface area contributed by atoms with E-state index in [0.717, 1.165) is 16.8 Å². The van der Waals surface area contributed by atoms with Crippen LogP contribution in [-0.2, 0) is 0 Å². The number of fused-ring (bicyclic) bond motifs is 1. The summed E-state index contributed by atoms with van der Waals surface area (Å²) in [4.78, 5) is 22.1. The van der Waals surface area contributed by atoms with Crippen molar-refractivity contribution in [2.75, 3.05) is 0 Å². The van der Waals surface area contributed by atoms with Crippen molar-refractivity contribution in [2.24, 2.45) is 0 Å². The zero-order valence-corrected chi connectivity index (χ0v) is 15.0. The average molecular weight is 355 g/mol. The number of hydrogen-bond acceptors (Lipinski definition) is 4. The fraction of sp³-hybridized carbons (Fsp3) is 0.143. The second-order valence-electron chi connectivity index (χ2n) is 6.59. The molecule has 3 heterocycles. The molecule has 3 aromatic heterocycles. The largest absolute Gasteiger partial charge is 0.295 e. The van der Waals surface area contributed by atoms with Crippen LogP contribution in [0.2, 0.25) is 0 Å². The summed E-state index contributed by atoms with van der Waals surface area (Å²) in [6, 6.07) is 15.8. The summed E-state index contributed by atoms with van der Waals surface area (Å²) in [5.41, 5.74) is 4.25. The maximum Gasteiger partial charge on any atom is 0.276 e. The molecule has 132 valence electrons. The molecule has 6 nitrogen and oxygen atoms in total. The van der Waals surface area contributed by atoms with Crippen LogP contribution < -0.4 is 5.56 Å². The van der Waals surface area contributed by atoms with Gasteiger partial charge in [-0.3, -0.25) is 14.9 Å². The van der Waals surface area contributed by atoms with Crippen molar-refractivity contribution in [1.82, 2.24) is 19.6 Å². The smallest absolute Gasteiger partial charge is 0.276 e. The van der Waals surface area contributed by atoms with Gasteiger partial charge in [0.15, 0.2) is 5.65 Å². The van der Waals surface area contributed by atoms with Crippen LogP contribution in [0.4, 0.5) is 0 Å². The molecule has 4 rings (SSSR count). The Morgan fingerprint density at radius 2 is 1.89 bits per heavy atom. The van der Waals surface area contributed by atoms with Crippen LogP contribution >= 0.6 is 0 Å². The second kappa shape index (κ2) is 6.54. The van der Waals surface area contributed by atoms with Crippen LogP contribution in [0.15, 0.2) is 59.7 Å². The Morgan fingerprint density at radius 3 is 2.52 bits per heavy atom. The second-order valence-corrected chi connectivity index (χ2v) is 6.59. The molecular formula is C21H17N5O. The molecule has 0 saturated heterocycles. The number of nitrogens with one attached hydrogen (secondary N) is 1. The SMILES string of the molecule is CC(C)c1c(-c2ccc(-c3ccccc3)nc2)nc2c(C#N)c[nH]n2c1=O. The van der Waals surface area contributed by atoms with E-state index >= 15 is 0 Å². The topological polar surface area (TPSA) is 86.8 Å². The minimum absolute atomic E-state index is 0.0282. The van der Waals surface area contributed by atoms with Crippen molar-refractivity contribution in [3.8, 4) is 28.6 Å². The molecule has 0 amide bonds. The Bertz CT molecular complexity index is 1210. The van der Waals surface area contributed by atoms with Crippen LogP contribution in [0.25, 0.3) is 28.2 Å². The number of hydrogen-bond donors (Lipinski definition) is 1. The van der Waals surface area contributed by atoms with Gasteiger partial charge in [-0.2, -0.15) is 5.26 Å². The highest BCUT2D eigenvalue weighted by molar-refractivity contribution is 5.69. The molecule has 1 N–H and O–H groups in total. The van der Waals surface area contributed by atoms with Crippen LogP contribution in [0.3, 0.4) is 0 Å². The highest BCUT2D eigenvalue weighted by Gasteiger charge is 2.20. The molecular weight excluding hydrogens is 338 g/mol. The van der Waals surface area contributed by atoms with Crippen molar-refractivity contribution in [3.05, 3.63) is 76.3 Å². The highest BCUT2D eigenvalue weighted by Crippen LogP contribution is 2.27. The summed E-state index contributed by atoms with van der Waals surface area (Å²) >= 11 is 0. The van der Waals surface area contributed by atoms with Crippen molar-refractivity contribution < 1.29 is 0 Å². The zero-order valence-electron chi connectivity index (χ0n) is 15.0. The van der Waals surface area contributed by atoms with Gasteiger partial charge in [0.25, 0.3) is 5.56 Å². The maximum absolute atomic E-state index is 12.9. The van der Waals surface area contributed by atoms with Crippen LogP contribution in [0.1, 0.15) is 30.9 Å². The number of nitrogens with zero attached hydrogens (tertiary/aromatic N) is 4. The third-order valence-corrected chi connectivity index (χ3v) is 4.50. The predicted molar refractivity (Wildman–Crippen MR) is 103 cm³/mol. The maximum atomic E-state index is 12.9. The van der Waals surface area contributed by atoms with Crippen molar-refractivity contribution in [3.63, 3.8) is 0 Å². The van der Waals surface area contributed by atoms with Gasteiger partial charge in [-0.25, -0.2) is 9.50 Å². The average Bonchev–Trinajstić information content (AvgIpc) is 3.12. The van der Waals surface area contributed by atoms with Crippen molar-refractivity contribution in [2.45, 2.75) is 19.8 Å². The summed E-state index contributed by atoms with van der Waals surface area (Å²) < 4.78 is 1.32. The Balaban J connectivity index is 1.91. The lowest BCUT2D eigenvalue weighted by Crippen LogP contribution is -2.22. The third-order valence-electron chi connectivity index (χ3n) is 4.50. The van der Waals surface area contributed by atoms with Gasteiger partial charge < -0.3 is 0 Å². The minimum Gasteiger partial charge on any atom is -0.295 e. The number of pyridine rings is 1. The lowest BCUT2D eigenvalue weighted by molar-refractivity contribution is 0.797.